The fraction of sp³-hybridized carbons (Fsp3) is 0.400. The number of thiazole rings is 1. The first kappa shape index (κ1) is 20.1. The molecule has 0 bridgehead atoms. The minimum absolute atomic E-state index is 0.102. The van der Waals surface area contributed by atoms with E-state index in [0.717, 1.165) is 11.3 Å². The van der Waals surface area contributed by atoms with Crippen molar-refractivity contribution in [1.82, 2.24) is 15.6 Å². The van der Waals surface area contributed by atoms with Gasteiger partial charge in [-0.05, 0) is 0 Å². The summed E-state index contributed by atoms with van der Waals surface area (Å²) in [6.07, 6.45) is -4.76. The summed E-state index contributed by atoms with van der Waals surface area (Å²) >= 11 is -0.125. The van der Waals surface area contributed by atoms with Crippen molar-refractivity contribution in [3.05, 3.63) is 18.2 Å². The van der Waals surface area contributed by atoms with Gasteiger partial charge in [-0.1, -0.05) is 0 Å². The van der Waals surface area contributed by atoms with Crippen molar-refractivity contribution in [2.45, 2.75) is 12.4 Å². The van der Waals surface area contributed by atoms with Crippen LogP contribution < -0.4 is 19.2 Å². The molecular formula is C15H15AsF3N3O4S. The predicted octanol–water partition coefficient (Wildman–Crippen LogP) is -0.112. The number of alkyl halides is 3. The molecule has 1 aliphatic heterocycles. The van der Waals surface area contributed by atoms with E-state index in [9.17, 15) is 22.8 Å². The van der Waals surface area contributed by atoms with Crippen LogP contribution in [0.1, 0.15) is 0 Å². The fourth-order valence-corrected chi connectivity index (χ4v) is 5.99. The summed E-state index contributed by atoms with van der Waals surface area (Å²) in [5.74, 6) is -0.626. The average molecular weight is 465 g/mol. The number of fused-ring (bicyclic) bond motifs is 1. The molecule has 0 radical (unpaired) electrons. The second-order valence-corrected chi connectivity index (χ2v) is 10.0. The van der Waals surface area contributed by atoms with E-state index in [4.69, 9.17) is 4.74 Å². The molecule has 0 spiro atoms. The molecule has 0 aliphatic carbocycles. The topological polar surface area (TPSA) is 89.6 Å². The molecule has 1 aromatic heterocycles. The molecule has 2 heterocycles. The van der Waals surface area contributed by atoms with Crippen molar-refractivity contribution < 1.29 is 32.2 Å². The zero-order valence-corrected chi connectivity index (χ0v) is 16.7. The monoisotopic (exact) mass is 465 g/mol. The Morgan fingerprint density at radius 1 is 1.44 bits per heavy atom. The van der Waals surface area contributed by atoms with Gasteiger partial charge in [0.15, 0.2) is 0 Å². The number of morpholine rings is 1. The molecule has 12 heteroatoms. The summed E-state index contributed by atoms with van der Waals surface area (Å²) in [6, 6.07) is 3.38. The van der Waals surface area contributed by atoms with Crippen LogP contribution in [-0.2, 0) is 14.3 Å². The number of amides is 1. The van der Waals surface area contributed by atoms with E-state index < -0.39 is 28.2 Å². The van der Waals surface area contributed by atoms with E-state index in [1.165, 1.54) is 18.2 Å². The van der Waals surface area contributed by atoms with Gasteiger partial charge >= 0.3 is 162 Å². The second-order valence-electron chi connectivity index (χ2n) is 5.54. The van der Waals surface area contributed by atoms with E-state index in [1.807, 2.05) is 0 Å². The van der Waals surface area contributed by atoms with E-state index in [1.54, 1.807) is 0 Å². The summed E-state index contributed by atoms with van der Waals surface area (Å²) in [5, 5.41) is 5.56. The Hall–Kier alpha value is -1.68. The maximum absolute atomic E-state index is 12.3. The van der Waals surface area contributed by atoms with Gasteiger partial charge in [-0.2, -0.15) is 0 Å². The van der Waals surface area contributed by atoms with Crippen LogP contribution in [0.15, 0.2) is 18.2 Å². The van der Waals surface area contributed by atoms with Crippen LogP contribution in [-0.4, -0.2) is 69.9 Å². The van der Waals surface area contributed by atoms with Crippen LogP contribution in [0.4, 0.5) is 13.2 Å². The molecule has 3 rings (SSSR count). The first-order valence-electron chi connectivity index (χ1n) is 7.85. The van der Waals surface area contributed by atoms with Crippen molar-refractivity contribution in [2.75, 3.05) is 26.3 Å². The number of benzene rings is 1. The summed E-state index contributed by atoms with van der Waals surface area (Å²) < 4.78 is 46.9. The van der Waals surface area contributed by atoms with E-state index in [2.05, 4.69) is 20.4 Å². The van der Waals surface area contributed by atoms with Crippen molar-refractivity contribution in [3.8, 4) is 5.75 Å². The molecule has 7 nitrogen and oxygen atoms in total. The van der Waals surface area contributed by atoms with Gasteiger partial charge in [-0.15, -0.1) is 0 Å². The molecule has 146 valence electrons. The first-order valence-corrected chi connectivity index (χ1v) is 10.8. The van der Waals surface area contributed by atoms with E-state index in [-0.39, 0.29) is 29.4 Å². The number of ether oxygens (including phenoxy) is 2. The van der Waals surface area contributed by atoms with Crippen LogP contribution in [0.2, 0.25) is 0 Å². The standard InChI is InChI=1S/C15H15AsF3N3O4S/c17-15(18,19)26-8-1-2-9-11(5-8)27-14(22-9)16-12(23)6-21-13(24)10-7-25-4-3-20-10/h1-2,5,10,16,20H,3-4,6-7H2,(H,21,24)/t10-/m0/s1. The third-order valence-electron chi connectivity index (χ3n) is 3.50. The van der Waals surface area contributed by atoms with Crippen molar-refractivity contribution >= 4 is 51.6 Å². The van der Waals surface area contributed by atoms with E-state index >= 15 is 0 Å². The molecule has 1 saturated heterocycles. The molecule has 1 aromatic carbocycles. The number of hydrogen-bond donors (Lipinski definition) is 2. The molecule has 1 fully saturated rings. The molecular weight excluding hydrogens is 450 g/mol. The van der Waals surface area contributed by atoms with E-state index in [0.29, 0.717) is 27.2 Å². The summed E-state index contributed by atoms with van der Waals surface area (Å²) in [4.78, 5) is 28.3. The Labute approximate surface area is 162 Å². The average Bonchev–Trinajstić information content (AvgIpc) is 3.00. The Bertz CT molecular complexity index is 839. The molecule has 0 saturated carbocycles. The van der Waals surface area contributed by atoms with Crippen LogP contribution >= 0.6 is 11.3 Å². The number of carbonyl (C=O) groups is 2. The molecule has 27 heavy (non-hydrogen) atoms. The Morgan fingerprint density at radius 2 is 2.26 bits per heavy atom. The van der Waals surface area contributed by atoms with Crippen LogP contribution in [0.3, 0.4) is 0 Å². The molecule has 1 amide bonds. The summed E-state index contributed by atoms with van der Waals surface area (Å²) in [6.45, 7) is 1.28. The Kier molecular flexibility index (Phi) is 6.36. The predicted molar refractivity (Wildman–Crippen MR) is 93.7 cm³/mol. The third-order valence-corrected chi connectivity index (χ3v) is 7.14. The van der Waals surface area contributed by atoms with Crippen LogP contribution in [0.5, 0.6) is 5.75 Å². The molecule has 2 atom stereocenters. The molecule has 1 unspecified atom stereocenters. The molecule has 1 aliphatic rings. The Morgan fingerprint density at radius 3 is 2.96 bits per heavy atom. The number of hydrogen-bond acceptors (Lipinski definition) is 7. The zero-order chi connectivity index (χ0) is 19.4. The first-order chi connectivity index (χ1) is 12.8. The van der Waals surface area contributed by atoms with Gasteiger partial charge in [0.2, 0.25) is 0 Å². The minimum atomic E-state index is -4.76. The SMILES string of the molecule is O=C(CNC(=O)[C@@H]1COCCN1)[AsH]c1nc2ccc(OC(F)(F)F)cc2s1. The van der Waals surface area contributed by atoms with Gasteiger partial charge in [0.25, 0.3) is 0 Å². The van der Waals surface area contributed by atoms with Crippen molar-refractivity contribution in [1.29, 1.82) is 0 Å². The second kappa shape index (κ2) is 8.55. The summed E-state index contributed by atoms with van der Waals surface area (Å²) in [5.41, 5.74) is 0.508. The van der Waals surface area contributed by atoms with Gasteiger partial charge in [-0.25, -0.2) is 0 Å². The van der Waals surface area contributed by atoms with Gasteiger partial charge in [0.1, 0.15) is 0 Å². The van der Waals surface area contributed by atoms with Crippen molar-refractivity contribution in [2.24, 2.45) is 0 Å². The van der Waals surface area contributed by atoms with Gasteiger partial charge in [0.05, 0.1) is 0 Å². The summed E-state index contributed by atoms with van der Waals surface area (Å²) in [7, 11) is 0. The normalized spacial score (nSPS) is 18.1. The van der Waals surface area contributed by atoms with Crippen LogP contribution in [0, 0.1) is 0 Å². The number of rotatable bonds is 6. The number of nitrogens with one attached hydrogen (secondary N) is 2. The quantitative estimate of drug-likeness (QED) is 0.579. The van der Waals surface area contributed by atoms with Crippen LogP contribution in [0.25, 0.3) is 10.2 Å². The number of aromatic nitrogens is 1. The number of halogens is 3. The van der Waals surface area contributed by atoms with Gasteiger partial charge in [0, 0.05) is 0 Å². The maximum atomic E-state index is 12.3. The van der Waals surface area contributed by atoms with Crippen molar-refractivity contribution in [3.63, 3.8) is 0 Å². The van der Waals surface area contributed by atoms with Gasteiger partial charge < -0.3 is 0 Å². The third kappa shape index (κ3) is 5.90. The Balaban J connectivity index is 1.55. The molecule has 2 N–H and O–H groups in total. The number of carbonyl (C=O) groups excluding carboxylic acids is 2. The number of nitrogens with zero attached hydrogens (tertiary/aromatic N) is 1. The van der Waals surface area contributed by atoms with Gasteiger partial charge in [-0.3, -0.25) is 0 Å². The fourth-order valence-electron chi connectivity index (χ4n) is 2.34. The zero-order valence-electron chi connectivity index (χ0n) is 13.8. The molecule has 2 aromatic rings.